The normalized spacial score (nSPS) is 9.67. The summed E-state index contributed by atoms with van der Waals surface area (Å²) in [7, 11) is 0. The Hall–Kier alpha value is -0.220. The van der Waals surface area contributed by atoms with Crippen LogP contribution in [0.5, 0.6) is 0 Å². The minimum Gasteiger partial charge on any atom is -0.393 e. The molecule has 0 amide bonds. The predicted octanol–water partition coefficient (Wildman–Crippen LogP) is 1.90. The Morgan fingerprint density at radius 3 is 1.33 bits per heavy atom. The summed E-state index contributed by atoms with van der Waals surface area (Å²) in [6.07, 6.45) is 6.24. The third kappa shape index (κ3) is 9.78. The zero-order valence-electron chi connectivity index (χ0n) is 7.21. The third-order valence-corrected chi connectivity index (χ3v) is 2.00. The maximum atomic E-state index is 5.35. The van der Waals surface area contributed by atoms with Crippen molar-refractivity contribution in [1.82, 2.24) is 0 Å². The second-order valence-corrected chi connectivity index (χ2v) is 3.90. The fraction of sp³-hybridized carbons (Fsp3) is 0.750. The van der Waals surface area contributed by atoms with Gasteiger partial charge in [0, 0.05) is 0 Å². The molecule has 0 atom stereocenters. The molecule has 0 saturated carbocycles. The van der Waals surface area contributed by atoms with E-state index in [0.717, 1.165) is 25.7 Å². The van der Waals surface area contributed by atoms with Gasteiger partial charge < -0.3 is 11.5 Å². The summed E-state index contributed by atoms with van der Waals surface area (Å²) in [5.41, 5.74) is 10.7. The van der Waals surface area contributed by atoms with Crippen molar-refractivity contribution in [3.63, 3.8) is 0 Å². The summed E-state index contributed by atoms with van der Waals surface area (Å²) >= 11 is 9.50. The molecule has 0 aromatic heterocycles. The minimum absolute atomic E-state index is 0.615. The molecule has 0 saturated heterocycles. The summed E-state index contributed by atoms with van der Waals surface area (Å²) < 4.78 is 0. The van der Waals surface area contributed by atoms with Crippen molar-refractivity contribution in [2.75, 3.05) is 0 Å². The first-order valence-corrected chi connectivity index (χ1v) is 5.01. The first-order chi connectivity index (χ1) is 5.63. The Morgan fingerprint density at radius 1 is 0.750 bits per heavy atom. The lowest BCUT2D eigenvalue weighted by Crippen LogP contribution is -2.07. The Kier molecular flexibility index (Phi) is 7.29. The summed E-state index contributed by atoms with van der Waals surface area (Å²) in [6.45, 7) is 0. The number of thiocarbonyl (C=S) groups is 2. The van der Waals surface area contributed by atoms with Crippen LogP contribution >= 0.6 is 24.4 Å². The largest absolute Gasteiger partial charge is 0.393 e. The molecule has 12 heavy (non-hydrogen) atoms. The maximum absolute atomic E-state index is 5.35. The number of hydrogen-bond acceptors (Lipinski definition) is 2. The second kappa shape index (κ2) is 7.43. The molecule has 0 fully saturated rings. The predicted molar refractivity (Wildman–Crippen MR) is 61.3 cm³/mol. The van der Waals surface area contributed by atoms with Crippen LogP contribution in [0, 0.1) is 0 Å². The van der Waals surface area contributed by atoms with Crippen LogP contribution in [0.2, 0.25) is 0 Å². The molecule has 0 rings (SSSR count). The molecule has 2 nitrogen and oxygen atoms in total. The van der Waals surface area contributed by atoms with Gasteiger partial charge in [-0.25, -0.2) is 0 Å². The summed E-state index contributed by atoms with van der Waals surface area (Å²) in [6, 6.07) is 0. The first kappa shape index (κ1) is 11.8. The number of hydrogen-bond donors (Lipinski definition) is 2. The van der Waals surface area contributed by atoms with Gasteiger partial charge in [0.25, 0.3) is 0 Å². The van der Waals surface area contributed by atoms with Crippen molar-refractivity contribution in [1.29, 1.82) is 0 Å². The molecule has 0 bridgehead atoms. The molecule has 0 heterocycles. The van der Waals surface area contributed by atoms with Gasteiger partial charge in [-0.1, -0.05) is 37.3 Å². The molecular weight excluding hydrogens is 188 g/mol. The van der Waals surface area contributed by atoms with E-state index >= 15 is 0 Å². The monoisotopic (exact) mass is 204 g/mol. The smallest absolute Gasteiger partial charge is 0.0727 e. The van der Waals surface area contributed by atoms with Crippen LogP contribution < -0.4 is 11.5 Å². The molecule has 0 aliphatic heterocycles. The molecular formula is C8H16N2S2. The maximum Gasteiger partial charge on any atom is 0.0727 e. The quantitative estimate of drug-likeness (QED) is 0.491. The Morgan fingerprint density at radius 2 is 1.08 bits per heavy atom. The van der Waals surface area contributed by atoms with E-state index in [4.69, 9.17) is 35.9 Å². The van der Waals surface area contributed by atoms with Gasteiger partial charge in [0.05, 0.1) is 9.98 Å². The first-order valence-electron chi connectivity index (χ1n) is 4.19. The van der Waals surface area contributed by atoms with E-state index in [2.05, 4.69) is 0 Å². The molecule has 0 unspecified atom stereocenters. The van der Waals surface area contributed by atoms with Gasteiger partial charge in [-0.15, -0.1) is 0 Å². The SMILES string of the molecule is NC(=S)CCCCCCC(N)=S. The highest BCUT2D eigenvalue weighted by molar-refractivity contribution is 7.80. The zero-order chi connectivity index (χ0) is 9.40. The van der Waals surface area contributed by atoms with E-state index in [0.29, 0.717) is 9.98 Å². The van der Waals surface area contributed by atoms with Gasteiger partial charge in [-0.3, -0.25) is 0 Å². The van der Waals surface area contributed by atoms with Gasteiger partial charge in [-0.2, -0.15) is 0 Å². The Bertz CT molecular complexity index is 139. The molecule has 0 radical (unpaired) electrons. The topological polar surface area (TPSA) is 52.0 Å². The second-order valence-electron chi connectivity index (χ2n) is 2.85. The summed E-state index contributed by atoms with van der Waals surface area (Å²) in [5, 5.41) is 0. The lowest BCUT2D eigenvalue weighted by molar-refractivity contribution is 0.668. The van der Waals surface area contributed by atoms with Crippen LogP contribution in [-0.4, -0.2) is 9.98 Å². The minimum atomic E-state index is 0.615. The highest BCUT2D eigenvalue weighted by atomic mass is 32.1. The molecule has 0 aromatic rings. The molecule has 4 N–H and O–H groups in total. The molecule has 0 aliphatic rings. The van der Waals surface area contributed by atoms with E-state index in [-0.39, 0.29) is 0 Å². The number of nitrogens with two attached hydrogens (primary N) is 2. The van der Waals surface area contributed by atoms with Crippen LogP contribution in [-0.2, 0) is 0 Å². The van der Waals surface area contributed by atoms with Crippen LogP contribution in [0.15, 0.2) is 0 Å². The van der Waals surface area contributed by atoms with E-state index in [1.807, 2.05) is 0 Å². The van der Waals surface area contributed by atoms with E-state index in [1.54, 1.807) is 0 Å². The average Bonchev–Trinajstić information content (AvgIpc) is 1.95. The Labute approximate surface area is 84.7 Å². The van der Waals surface area contributed by atoms with Gasteiger partial charge in [0.15, 0.2) is 0 Å². The van der Waals surface area contributed by atoms with E-state index in [1.165, 1.54) is 12.8 Å². The lowest BCUT2D eigenvalue weighted by atomic mass is 10.1. The van der Waals surface area contributed by atoms with Gasteiger partial charge in [-0.05, 0) is 25.7 Å². The number of unbranched alkanes of at least 4 members (excludes halogenated alkanes) is 3. The molecule has 4 heteroatoms. The van der Waals surface area contributed by atoms with E-state index < -0.39 is 0 Å². The zero-order valence-corrected chi connectivity index (χ0v) is 8.85. The van der Waals surface area contributed by atoms with Crippen molar-refractivity contribution in [3.05, 3.63) is 0 Å². The van der Waals surface area contributed by atoms with Crippen LogP contribution in [0.1, 0.15) is 38.5 Å². The van der Waals surface area contributed by atoms with Crippen LogP contribution in [0.25, 0.3) is 0 Å². The highest BCUT2D eigenvalue weighted by Crippen LogP contribution is 2.05. The molecule has 0 spiro atoms. The highest BCUT2D eigenvalue weighted by Gasteiger charge is 1.93. The fourth-order valence-electron chi connectivity index (χ4n) is 0.952. The number of rotatable bonds is 7. The molecule has 0 aliphatic carbocycles. The Balaban J connectivity index is 3.01. The summed E-state index contributed by atoms with van der Waals surface area (Å²) in [4.78, 5) is 1.23. The van der Waals surface area contributed by atoms with Crippen molar-refractivity contribution >= 4 is 34.4 Å². The van der Waals surface area contributed by atoms with Crippen molar-refractivity contribution < 1.29 is 0 Å². The molecule has 0 aromatic carbocycles. The van der Waals surface area contributed by atoms with Crippen molar-refractivity contribution in [2.45, 2.75) is 38.5 Å². The summed E-state index contributed by atoms with van der Waals surface area (Å²) in [5.74, 6) is 0. The van der Waals surface area contributed by atoms with E-state index in [9.17, 15) is 0 Å². The third-order valence-electron chi connectivity index (χ3n) is 1.60. The van der Waals surface area contributed by atoms with Gasteiger partial charge in [0.2, 0.25) is 0 Å². The van der Waals surface area contributed by atoms with Crippen molar-refractivity contribution in [3.8, 4) is 0 Å². The average molecular weight is 204 g/mol. The fourth-order valence-corrected chi connectivity index (χ4v) is 1.24. The van der Waals surface area contributed by atoms with Gasteiger partial charge in [0.1, 0.15) is 0 Å². The van der Waals surface area contributed by atoms with Gasteiger partial charge >= 0.3 is 0 Å². The lowest BCUT2D eigenvalue weighted by Gasteiger charge is -1.99. The standard InChI is InChI=1S/C8H16N2S2/c9-7(11)5-3-1-2-4-6-8(10)12/h1-6H2,(H2,9,11)(H2,10,12). The molecule has 70 valence electrons. The van der Waals surface area contributed by atoms with Crippen LogP contribution in [0.4, 0.5) is 0 Å². The van der Waals surface area contributed by atoms with Crippen molar-refractivity contribution in [2.24, 2.45) is 11.5 Å². The van der Waals surface area contributed by atoms with Crippen LogP contribution in [0.3, 0.4) is 0 Å².